The zero-order valence-corrected chi connectivity index (χ0v) is 9.99. The summed E-state index contributed by atoms with van der Waals surface area (Å²) >= 11 is 0. The van der Waals surface area contributed by atoms with Gasteiger partial charge in [0, 0.05) is 18.5 Å². The van der Waals surface area contributed by atoms with Gasteiger partial charge in [0.25, 0.3) is 0 Å². The van der Waals surface area contributed by atoms with Gasteiger partial charge in [0.2, 0.25) is 0 Å². The summed E-state index contributed by atoms with van der Waals surface area (Å²) in [4.78, 5) is 11.4. The van der Waals surface area contributed by atoms with Crippen molar-refractivity contribution in [2.45, 2.75) is 25.2 Å². The molecule has 1 aromatic carbocycles. The van der Waals surface area contributed by atoms with E-state index < -0.39 is 5.97 Å². The molecule has 2 atom stereocenters. The molecule has 1 aliphatic heterocycles. The van der Waals surface area contributed by atoms with Gasteiger partial charge in [0.1, 0.15) is 0 Å². The number of rotatable bonds is 1. The summed E-state index contributed by atoms with van der Waals surface area (Å²) in [6, 6.07) is 6.47. The maximum absolute atomic E-state index is 11.4. The SMILES string of the molecule is Cc1ccc2c(c1)C1(CC2)CNCC1C(=O)O. The highest BCUT2D eigenvalue weighted by Gasteiger charge is 2.51. The summed E-state index contributed by atoms with van der Waals surface area (Å²) in [5, 5.41) is 12.7. The lowest BCUT2D eigenvalue weighted by atomic mass is 9.73. The van der Waals surface area contributed by atoms with Gasteiger partial charge in [-0.3, -0.25) is 4.79 Å². The molecule has 2 aliphatic rings. The van der Waals surface area contributed by atoms with Crippen molar-refractivity contribution in [3.63, 3.8) is 0 Å². The van der Waals surface area contributed by atoms with Gasteiger partial charge in [0.05, 0.1) is 5.92 Å². The molecule has 1 spiro atoms. The summed E-state index contributed by atoms with van der Waals surface area (Å²) in [6.07, 6.45) is 1.98. The van der Waals surface area contributed by atoms with Gasteiger partial charge < -0.3 is 10.4 Å². The average molecular weight is 231 g/mol. The number of benzene rings is 1. The predicted octanol–water partition coefficient (Wildman–Crippen LogP) is 1.48. The summed E-state index contributed by atoms with van der Waals surface area (Å²) in [5.74, 6) is -0.935. The number of fused-ring (bicyclic) bond motifs is 2. The molecule has 0 amide bonds. The minimum atomic E-state index is -0.663. The van der Waals surface area contributed by atoms with Crippen molar-refractivity contribution >= 4 is 5.97 Å². The number of carboxylic acid groups (broad SMARTS) is 1. The smallest absolute Gasteiger partial charge is 0.308 e. The third-order valence-corrected chi connectivity index (χ3v) is 4.40. The van der Waals surface area contributed by atoms with Gasteiger partial charge in [-0.05, 0) is 30.9 Å². The normalized spacial score (nSPS) is 30.8. The summed E-state index contributed by atoms with van der Waals surface area (Å²) < 4.78 is 0. The Morgan fingerprint density at radius 1 is 1.53 bits per heavy atom. The maximum atomic E-state index is 11.4. The molecule has 2 N–H and O–H groups in total. The van der Waals surface area contributed by atoms with Crippen molar-refractivity contribution in [1.29, 1.82) is 0 Å². The fourth-order valence-corrected chi connectivity index (χ4v) is 3.49. The van der Waals surface area contributed by atoms with E-state index in [2.05, 4.69) is 30.4 Å². The predicted molar refractivity (Wildman–Crippen MR) is 65.2 cm³/mol. The Labute approximate surface area is 101 Å². The fourth-order valence-electron chi connectivity index (χ4n) is 3.49. The van der Waals surface area contributed by atoms with E-state index in [0.717, 1.165) is 19.4 Å². The van der Waals surface area contributed by atoms with Crippen LogP contribution in [0, 0.1) is 12.8 Å². The van der Waals surface area contributed by atoms with E-state index in [1.54, 1.807) is 0 Å². The fraction of sp³-hybridized carbons (Fsp3) is 0.500. The molecule has 0 aromatic heterocycles. The van der Waals surface area contributed by atoms with Crippen LogP contribution < -0.4 is 5.32 Å². The molecule has 3 nitrogen and oxygen atoms in total. The molecule has 1 heterocycles. The largest absolute Gasteiger partial charge is 0.481 e. The molecule has 1 saturated heterocycles. The second-order valence-electron chi connectivity index (χ2n) is 5.34. The molecule has 1 aromatic rings. The number of carbonyl (C=O) groups is 1. The van der Waals surface area contributed by atoms with Crippen LogP contribution in [0.3, 0.4) is 0 Å². The lowest BCUT2D eigenvalue weighted by Gasteiger charge is -2.29. The van der Waals surface area contributed by atoms with Crippen molar-refractivity contribution in [2.24, 2.45) is 5.92 Å². The number of hydrogen-bond acceptors (Lipinski definition) is 2. The monoisotopic (exact) mass is 231 g/mol. The first-order valence-electron chi connectivity index (χ1n) is 6.17. The van der Waals surface area contributed by atoms with Gasteiger partial charge in [-0.25, -0.2) is 0 Å². The lowest BCUT2D eigenvalue weighted by Crippen LogP contribution is -2.37. The molecule has 3 heteroatoms. The Kier molecular flexibility index (Phi) is 2.26. The molecule has 17 heavy (non-hydrogen) atoms. The van der Waals surface area contributed by atoms with E-state index in [4.69, 9.17) is 0 Å². The number of aryl methyl sites for hydroxylation is 2. The van der Waals surface area contributed by atoms with Crippen LogP contribution in [0.4, 0.5) is 0 Å². The van der Waals surface area contributed by atoms with E-state index in [-0.39, 0.29) is 11.3 Å². The van der Waals surface area contributed by atoms with Crippen molar-refractivity contribution in [2.75, 3.05) is 13.1 Å². The third-order valence-electron chi connectivity index (χ3n) is 4.40. The number of aliphatic carboxylic acids is 1. The molecule has 1 aliphatic carbocycles. The van der Waals surface area contributed by atoms with E-state index in [0.29, 0.717) is 6.54 Å². The Hall–Kier alpha value is -1.35. The highest BCUT2D eigenvalue weighted by Crippen LogP contribution is 2.46. The molecule has 2 unspecified atom stereocenters. The summed E-state index contributed by atoms with van der Waals surface area (Å²) in [7, 11) is 0. The minimum Gasteiger partial charge on any atom is -0.481 e. The molecule has 0 radical (unpaired) electrons. The minimum absolute atomic E-state index is 0.160. The van der Waals surface area contributed by atoms with E-state index in [9.17, 15) is 9.90 Å². The highest BCUT2D eigenvalue weighted by atomic mass is 16.4. The summed E-state index contributed by atoms with van der Waals surface area (Å²) in [5.41, 5.74) is 3.68. The van der Waals surface area contributed by atoms with Crippen LogP contribution in [-0.4, -0.2) is 24.2 Å². The first kappa shape index (κ1) is 10.8. The highest BCUT2D eigenvalue weighted by molar-refractivity contribution is 5.74. The average Bonchev–Trinajstić information content (AvgIpc) is 2.86. The zero-order chi connectivity index (χ0) is 12.0. The molecular formula is C14H17NO2. The lowest BCUT2D eigenvalue weighted by molar-refractivity contribution is -0.143. The third kappa shape index (κ3) is 1.42. The first-order valence-corrected chi connectivity index (χ1v) is 6.17. The second kappa shape index (κ2) is 3.57. The molecule has 3 rings (SSSR count). The van der Waals surface area contributed by atoms with Crippen molar-refractivity contribution < 1.29 is 9.90 Å². The number of carboxylic acids is 1. The summed E-state index contributed by atoms with van der Waals surface area (Å²) in [6.45, 7) is 3.48. The van der Waals surface area contributed by atoms with Crippen LogP contribution >= 0.6 is 0 Å². The van der Waals surface area contributed by atoms with Crippen LogP contribution in [0.1, 0.15) is 23.1 Å². The van der Waals surface area contributed by atoms with Crippen molar-refractivity contribution in [1.82, 2.24) is 5.32 Å². The van der Waals surface area contributed by atoms with Crippen LogP contribution in [0.2, 0.25) is 0 Å². The zero-order valence-electron chi connectivity index (χ0n) is 9.99. The quantitative estimate of drug-likeness (QED) is 0.769. The Morgan fingerprint density at radius 2 is 2.35 bits per heavy atom. The molecule has 1 fully saturated rings. The maximum Gasteiger partial charge on any atom is 0.308 e. The Morgan fingerprint density at radius 3 is 3.12 bits per heavy atom. The second-order valence-corrected chi connectivity index (χ2v) is 5.34. The van der Waals surface area contributed by atoms with Crippen LogP contribution in [-0.2, 0) is 16.6 Å². The van der Waals surface area contributed by atoms with E-state index >= 15 is 0 Å². The van der Waals surface area contributed by atoms with Gasteiger partial charge in [-0.2, -0.15) is 0 Å². The molecule has 0 saturated carbocycles. The van der Waals surface area contributed by atoms with Gasteiger partial charge >= 0.3 is 5.97 Å². The first-order chi connectivity index (χ1) is 8.13. The molecule has 90 valence electrons. The standard InChI is InChI=1S/C14H17NO2/c1-9-2-3-10-4-5-14(11(10)6-9)8-15-7-12(14)13(16)17/h2-3,6,12,15H,4-5,7-8H2,1H3,(H,16,17). The topological polar surface area (TPSA) is 49.3 Å². The van der Waals surface area contributed by atoms with Gasteiger partial charge in [0.15, 0.2) is 0 Å². The van der Waals surface area contributed by atoms with Crippen molar-refractivity contribution in [3.05, 3.63) is 34.9 Å². The Balaban J connectivity index is 2.12. The Bertz CT molecular complexity index is 483. The van der Waals surface area contributed by atoms with Crippen LogP contribution in [0.25, 0.3) is 0 Å². The molecule has 0 bridgehead atoms. The van der Waals surface area contributed by atoms with Crippen LogP contribution in [0.5, 0.6) is 0 Å². The van der Waals surface area contributed by atoms with E-state index in [1.807, 2.05) is 0 Å². The van der Waals surface area contributed by atoms with E-state index in [1.165, 1.54) is 16.7 Å². The van der Waals surface area contributed by atoms with Gasteiger partial charge in [-0.1, -0.05) is 23.8 Å². The van der Waals surface area contributed by atoms with Gasteiger partial charge in [-0.15, -0.1) is 0 Å². The molecular weight excluding hydrogens is 214 g/mol. The number of hydrogen-bond donors (Lipinski definition) is 2. The van der Waals surface area contributed by atoms with Crippen LogP contribution in [0.15, 0.2) is 18.2 Å². The number of nitrogens with one attached hydrogen (secondary N) is 1. The van der Waals surface area contributed by atoms with Crippen molar-refractivity contribution in [3.8, 4) is 0 Å².